The molecule has 0 radical (unpaired) electrons. The number of nitrogens with two attached hydrogens (primary N) is 1. The molecule has 1 atom stereocenters. The minimum atomic E-state index is -4.80. The normalized spacial score (nSPS) is 13.6. The molecular weight excluding hydrogens is 459 g/mol. The van der Waals surface area contributed by atoms with E-state index in [-0.39, 0.29) is 11.7 Å². The summed E-state index contributed by atoms with van der Waals surface area (Å²) in [5.41, 5.74) is 3.41. The Morgan fingerprint density at radius 2 is 2.03 bits per heavy atom. The zero-order chi connectivity index (χ0) is 24.5. The molecule has 0 aromatic heterocycles. The number of aliphatic imine (C=N–C) groups is 2. The maximum atomic E-state index is 13.2. The highest BCUT2D eigenvalue weighted by Gasteiger charge is 2.34. The van der Waals surface area contributed by atoms with Crippen LogP contribution in [0.5, 0.6) is 0 Å². The number of carbonyl (C=O) groups excluding carboxylic acids is 1. The molecule has 13 heteroatoms. The van der Waals surface area contributed by atoms with Gasteiger partial charge in [0.2, 0.25) is 0 Å². The topological polar surface area (TPSA) is 107 Å². The summed E-state index contributed by atoms with van der Waals surface area (Å²) < 4.78 is 65.7. The van der Waals surface area contributed by atoms with Crippen molar-refractivity contribution in [2.24, 2.45) is 15.7 Å². The number of hydrogen-bond donors (Lipinski definition) is 3. The molecule has 0 aliphatic rings. The van der Waals surface area contributed by atoms with Crippen LogP contribution in [0.25, 0.3) is 0 Å². The molecule has 1 rings (SSSR count). The zero-order valence-electron chi connectivity index (χ0n) is 16.7. The van der Waals surface area contributed by atoms with Gasteiger partial charge in [0.15, 0.2) is 0 Å². The average molecular weight is 479 g/mol. The number of carbonyl (C=O) groups is 1. The lowest BCUT2D eigenvalue weighted by molar-refractivity contribution is -0.137. The first kappa shape index (κ1) is 26.8. The van der Waals surface area contributed by atoms with Gasteiger partial charge in [0, 0.05) is 16.8 Å². The number of rotatable bonds is 9. The summed E-state index contributed by atoms with van der Waals surface area (Å²) in [6.45, 7) is 3.74. The Bertz CT molecular complexity index is 929. The van der Waals surface area contributed by atoms with Crippen molar-refractivity contribution < 1.29 is 26.7 Å². The molecule has 1 unspecified atom stereocenters. The molecule has 0 aliphatic heterocycles. The molecule has 1 aromatic rings. The van der Waals surface area contributed by atoms with Gasteiger partial charge in [-0.05, 0) is 37.4 Å². The molecule has 32 heavy (non-hydrogen) atoms. The number of nitrogens with zero attached hydrogens (tertiary/aromatic N) is 3. The van der Waals surface area contributed by atoms with Crippen LogP contribution < -0.4 is 11.1 Å². The van der Waals surface area contributed by atoms with Crippen LogP contribution in [0, 0.1) is 5.41 Å². The fourth-order valence-electron chi connectivity index (χ4n) is 2.43. The van der Waals surface area contributed by atoms with E-state index in [4.69, 9.17) is 22.7 Å². The van der Waals surface area contributed by atoms with E-state index in [9.17, 15) is 26.7 Å². The van der Waals surface area contributed by atoms with Crippen molar-refractivity contribution in [3.8, 4) is 0 Å². The molecular formula is C19H20ClF5N6O. The van der Waals surface area contributed by atoms with E-state index in [1.54, 1.807) is 0 Å². The number of nitrogens with one attached hydrogen (secondary N) is 2. The monoisotopic (exact) mass is 478 g/mol. The van der Waals surface area contributed by atoms with Crippen LogP contribution in [-0.4, -0.2) is 48.2 Å². The van der Waals surface area contributed by atoms with Crippen molar-refractivity contribution in [1.82, 2.24) is 10.2 Å². The van der Waals surface area contributed by atoms with Gasteiger partial charge < -0.3 is 16.0 Å². The molecule has 0 heterocycles. The second-order valence-electron chi connectivity index (χ2n) is 6.13. The van der Waals surface area contributed by atoms with E-state index >= 15 is 0 Å². The van der Waals surface area contributed by atoms with Crippen LogP contribution >= 0.6 is 11.6 Å². The van der Waals surface area contributed by atoms with Gasteiger partial charge in [0.05, 0.1) is 18.2 Å². The van der Waals surface area contributed by atoms with Gasteiger partial charge in [-0.1, -0.05) is 18.2 Å². The standard InChI is InChI=1S/C19H20ClF5N6O/c1-11(17(29-10-27)30-12(2)28-5-3-4-26)31(9-16(21)22)18(32)13-6-14(19(23,24)25)8-15(20)7-13/h3-8,10-11,16H,2,9,26H2,1H3,(H2,27,29,30)/b4-3-,28-5-. The zero-order valence-corrected chi connectivity index (χ0v) is 17.5. The molecule has 174 valence electrons. The van der Waals surface area contributed by atoms with E-state index in [0.29, 0.717) is 23.4 Å². The van der Waals surface area contributed by atoms with Crippen LogP contribution in [0.2, 0.25) is 5.02 Å². The molecule has 4 N–H and O–H groups in total. The molecule has 0 saturated carbocycles. The lowest BCUT2D eigenvalue weighted by Gasteiger charge is -2.30. The van der Waals surface area contributed by atoms with Gasteiger partial charge in [-0.3, -0.25) is 10.2 Å². The third-order valence-electron chi connectivity index (χ3n) is 3.83. The largest absolute Gasteiger partial charge is 0.416 e. The lowest BCUT2D eigenvalue weighted by atomic mass is 10.1. The first-order chi connectivity index (χ1) is 14.9. The van der Waals surface area contributed by atoms with Crippen molar-refractivity contribution in [2.75, 3.05) is 6.54 Å². The van der Waals surface area contributed by atoms with E-state index < -0.39 is 47.2 Å². The minimum Gasteiger partial charge on any atom is -0.405 e. The highest BCUT2D eigenvalue weighted by atomic mass is 35.5. The third-order valence-corrected chi connectivity index (χ3v) is 4.05. The summed E-state index contributed by atoms with van der Waals surface area (Å²) >= 11 is 5.71. The second-order valence-corrected chi connectivity index (χ2v) is 6.57. The summed E-state index contributed by atoms with van der Waals surface area (Å²) in [7, 11) is 0. The average Bonchev–Trinajstić information content (AvgIpc) is 2.69. The molecule has 7 nitrogen and oxygen atoms in total. The molecule has 0 aliphatic carbocycles. The Morgan fingerprint density at radius 1 is 1.38 bits per heavy atom. The van der Waals surface area contributed by atoms with Gasteiger partial charge in [-0.25, -0.2) is 18.8 Å². The van der Waals surface area contributed by atoms with Crippen molar-refractivity contribution >= 4 is 35.9 Å². The number of benzene rings is 1. The van der Waals surface area contributed by atoms with E-state index in [0.717, 1.165) is 6.07 Å². The highest BCUT2D eigenvalue weighted by molar-refractivity contribution is 6.31. The predicted molar refractivity (Wildman–Crippen MR) is 113 cm³/mol. The number of allylic oxidation sites excluding steroid dienone is 1. The van der Waals surface area contributed by atoms with E-state index in [2.05, 4.69) is 21.9 Å². The predicted octanol–water partition coefficient (Wildman–Crippen LogP) is 4.06. The van der Waals surface area contributed by atoms with E-state index in [1.165, 1.54) is 25.4 Å². The Labute approximate surface area is 185 Å². The summed E-state index contributed by atoms with van der Waals surface area (Å²) in [6.07, 6.45) is -3.42. The molecule has 0 spiro atoms. The van der Waals surface area contributed by atoms with Gasteiger partial charge in [0.25, 0.3) is 12.3 Å². The number of amides is 1. The van der Waals surface area contributed by atoms with Crippen molar-refractivity contribution in [1.29, 1.82) is 5.41 Å². The Balaban J connectivity index is 3.34. The lowest BCUT2D eigenvalue weighted by Crippen LogP contribution is -2.49. The van der Waals surface area contributed by atoms with Crippen LogP contribution in [0.4, 0.5) is 22.0 Å². The maximum Gasteiger partial charge on any atom is 0.416 e. The Kier molecular flexibility index (Phi) is 9.98. The van der Waals surface area contributed by atoms with Gasteiger partial charge >= 0.3 is 6.18 Å². The van der Waals surface area contributed by atoms with Crippen molar-refractivity contribution in [3.05, 3.63) is 59.0 Å². The molecule has 0 saturated heterocycles. The van der Waals surface area contributed by atoms with Crippen molar-refractivity contribution in [3.63, 3.8) is 0 Å². The van der Waals surface area contributed by atoms with Crippen LogP contribution in [-0.2, 0) is 6.18 Å². The quantitative estimate of drug-likeness (QED) is 0.283. The first-order valence-corrected chi connectivity index (χ1v) is 9.18. The molecule has 1 amide bonds. The number of hydrogen-bond acceptors (Lipinski definition) is 4. The fourth-order valence-corrected chi connectivity index (χ4v) is 2.67. The van der Waals surface area contributed by atoms with Crippen LogP contribution in [0.1, 0.15) is 22.8 Å². The van der Waals surface area contributed by atoms with Crippen LogP contribution in [0.15, 0.2) is 52.9 Å². The Morgan fingerprint density at radius 3 is 2.56 bits per heavy atom. The van der Waals surface area contributed by atoms with Gasteiger partial charge in [0.1, 0.15) is 18.0 Å². The summed E-state index contributed by atoms with van der Waals surface area (Å²) in [5.74, 6) is -1.35. The fraction of sp³-hybridized carbons (Fsp3) is 0.263. The third kappa shape index (κ3) is 8.10. The second kappa shape index (κ2) is 11.9. The molecule has 0 fully saturated rings. The smallest absolute Gasteiger partial charge is 0.405 e. The van der Waals surface area contributed by atoms with Crippen molar-refractivity contribution in [2.45, 2.75) is 25.6 Å². The van der Waals surface area contributed by atoms with E-state index in [1.807, 2.05) is 0 Å². The highest BCUT2D eigenvalue weighted by Crippen LogP contribution is 2.32. The first-order valence-electron chi connectivity index (χ1n) is 8.81. The number of alkyl halides is 5. The molecule has 0 bridgehead atoms. The summed E-state index contributed by atoms with van der Waals surface area (Å²) in [4.78, 5) is 21.1. The summed E-state index contributed by atoms with van der Waals surface area (Å²) in [6, 6.07) is 0.833. The maximum absolute atomic E-state index is 13.2. The van der Waals surface area contributed by atoms with Gasteiger partial charge in [-0.2, -0.15) is 13.2 Å². The van der Waals surface area contributed by atoms with Crippen LogP contribution in [0.3, 0.4) is 0 Å². The minimum absolute atomic E-state index is 0.0258. The summed E-state index contributed by atoms with van der Waals surface area (Å²) in [5, 5.41) is 9.35. The SMILES string of the molecule is C=C(/N=C\C=C/N)N/C(=N\C=N)C(C)N(CC(F)F)C(=O)c1cc(Cl)cc(C(F)(F)F)c1. The molecule has 1 aromatic carbocycles. The Hall–Kier alpha value is -3.28. The van der Waals surface area contributed by atoms with Gasteiger partial charge in [-0.15, -0.1) is 0 Å². The number of amidine groups is 1. The number of halogens is 6.